The molecule has 0 heterocycles. The number of rotatable bonds is 72. The van der Waals surface area contributed by atoms with Crippen molar-refractivity contribution in [3.05, 3.63) is 0 Å². The van der Waals surface area contributed by atoms with Crippen molar-refractivity contribution in [2.75, 3.05) is 39.6 Å². The van der Waals surface area contributed by atoms with E-state index >= 15 is 0 Å². The molecule has 0 aromatic heterocycles. The molecule has 0 bridgehead atoms. The van der Waals surface area contributed by atoms with Gasteiger partial charge in [-0.1, -0.05) is 324 Å². The Hall–Kier alpha value is -1.94. The molecule has 0 amide bonds. The molecule has 0 aromatic carbocycles. The number of aliphatic hydroxyl groups excluding tert-OH is 1. The normalized spacial score (nSPS) is 14.1. The van der Waals surface area contributed by atoms with Gasteiger partial charge in [-0.25, -0.2) is 9.13 Å². The Morgan fingerprint density at radius 2 is 0.500 bits per heavy atom. The van der Waals surface area contributed by atoms with Crippen molar-refractivity contribution in [1.82, 2.24) is 0 Å². The number of hydrogen-bond acceptors (Lipinski definition) is 15. The SMILES string of the molecule is CCCCCCCCCCCCCC(=O)O[C@H](COC(=O)CCCCCCCCCCCC)COP(=O)(O)OC[C@H](O)COP(=O)(O)OC[C@@H](COC(=O)CCCCCCCCCCCCCCC(C)C)OC(=O)CCCCCCCCCCCCCCCC(C)C. The van der Waals surface area contributed by atoms with E-state index in [1.165, 1.54) is 193 Å². The second-order valence-corrected chi connectivity index (χ2v) is 30.2. The number of esters is 4. The molecule has 5 atom stereocenters. The predicted octanol–water partition coefficient (Wildman–Crippen LogP) is 21.2. The lowest BCUT2D eigenvalue weighted by atomic mass is 10.0. The van der Waals surface area contributed by atoms with Crippen molar-refractivity contribution in [3.8, 4) is 0 Å². The minimum atomic E-state index is -4.95. The third kappa shape index (κ3) is 66.7. The van der Waals surface area contributed by atoms with Gasteiger partial charge in [-0.05, 0) is 37.5 Å². The lowest BCUT2D eigenvalue weighted by molar-refractivity contribution is -0.161. The first-order valence-electron chi connectivity index (χ1n) is 38.0. The second-order valence-electron chi connectivity index (χ2n) is 27.3. The Labute approximate surface area is 562 Å². The number of carbonyl (C=O) groups is 4. The van der Waals surface area contributed by atoms with E-state index in [1.807, 2.05) is 0 Å². The highest BCUT2D eigenvalue weighted by Crippen LogP contribution is 2.45. The standard InChI is InChI=1S/C73H142O17P2/c1-7-9-11-13-15-17-24-33-39-45-51-57-72(77)89-68(61-83-70(75)55-49-43-37-31-18-16-14-12-10-8-2)63-87-91(79,80)85-59-67(74)60-86-92(81,82)88-64-69(62-84-71(76)56-50-44-38-32-27-23-22-26-30-36-42-48-54-66(5)6)90-73(78)58-52-46-40-34-28-21-19-20-25-29-35-41-47-53-65(3)4/h65-69,74H,7-64H2,1-6H3,(H,79,80)(H,81,82)/t67-,68+,69+/m0/s1. The number of unbranched alkanes of at least 4 members (excludes halogenated alkanes) is 42. The summed E-state index contributed by atoms with van der Waals surface area (Å²) in [5.41, 5.74) is 0. The molecule has 0 spiro atoms. The number of hydrogen-bond donors (Lipinski definition) is 3. The van der Waals surface area contributed by atoms with E-state index in [2.05, 4.69) is 41.5 Å². The Bertz CT molecular complexity index is 1790. The number of aliphatic hydroxyl groups is 1. The van der Waals surface area contributed by atoms with Crippen LogP contribution in [-0.2, 0) is 65.4 Å². The minimum absolute atomic E-state index is 0.107. The largest absolute Gasteiger partial charge is 0.472 e. The van der Waals surface area contributed by atoms with E-state index in [1.54, 1.807) is 0 Å². The number of phosphoric acid groups is 2. The fraction of sp³-hybridized carbons (Fsp3) is 0.945. The maximum atomic E-state index is 13.1. The summed E-state index contributed by atoms with van der Waals surface area (Å²) in [5.74, 6) is -0.550. The summed E-state index contributed by atoms with van der Waals surface area (Å²) >= 11 is 0. The maximum absolute atomic E-state index is 13.1. The zero-order valence-corrected chi connectivity index (χ0v) is 61.6. The van der Waals surface area contributed by atoms with Gasteiger partial charge in [0.05, 0.1) is 26.4 Å². The first kappa shape index (κ1) is 90.1. The molecule has 2 unspecified atom stereocenters. The summed E-state index contributed by atoms with van der Waals surface area (Å²) < 4.78 is 68.4. The van der Waals surface area contributed by atoms with E-state index in [4.69, 9.17) is 37.0 Å². The molecule has 0 aliphatic heterocycles. The van der Waals surface area contributed by atoms with E-state index in [-0.39, 0.29) is 25.7 Å². The molecule has 92 heavy (non-hydrogen) atoms. The van der Waals surface area contributed by atoms with Crippen LogP contribution in [-0.4, -0.2) is 96.7 Å². The minimum Gasteiger partial charge on any atom is -0.462 e. The fourth-order valence-electron chi connectivity index (χ4n) is 11.1. The second kappa shape index (κ2) is 65.0. The molecule has 0 fully saturated rings. The van der Waals surface area contributed by atoms with Gasteiger partial charge < -0.3 is 33.8 Å². The summed E-state index contributed by atoms with van der Waals surface area (Å²) in [4.78, 5) is 72.7. The number of phosphoric ester groups is 2. The molecular weight excluding hydrogens is 1210 g/mol. The third-order valence-corrected chi connectivity index (χ3v) is 18.9. The van der Waals surface area contributed by atoms with Gasteiger partial charge in [0.25, 0.3) is 0 Å². The van der Waals surface area contributed by atoms with Gasteiger partial charge in [0.15, 0.2) is 12.2 Å². The number of carbonyl (C=O) groups excluding carboxylic acids is 4. The maximum Gasteiger partial charge on any atom is 0.472 e. The Balaban J connectivity index is 5.24. The molecule has 0 saturated carbocycles. The average molecular weight is 1350 g/mol. The molecule has 0 aliphatic rings. The molecule has 0 saturated heterocycles. The van der Waals surface area contributed by atoms with Crippen LogP contribution in [0.4, 0.5) is 0 Å². The molecule has 19 heteroatoms. The monoisotopic (exact) mass is 1350 g/mol. The summed E-state index contributed by atoms with van der Waals surface area (Å²) in [6.07, 6.45) is 51.2. The quantitative estimate of drug-likeness (QED) is 0.0222. The van der Waals surface area contributed by atoms with Gasteiger partial charge >= 0.3 is 39.5 Å². The van der Waals surface area contributed by atoms with E-state index in [9.17, 15) is 43.2 Å². The highest BCUT2D eigenvalue weighted by molar-refractivity contribution is 7.47. The van der Waals surface area contributed by atoms with Gasteiger partial charge in [0.1, 0.15) is 19.3 Å². The van der Waals surface area contributed by atoms with Crippen molar-refractivity contribution in [2.24, 2.45) is 11.8 Å². The van der Waals surface area contributed by atoms with Gasteiger partial charge in [-0.3, -0.25) is 37.3 Å². The molecule has 546 valence electrons. The van der Waals surface area contributed by atoms with Crippen molar-refractivity contribution in [1.29, 1.82) is 0 Å². The zero-order valence-electron chi connectivity index (χ0n) is 59.9. The van der Waals surface area contributed by atoms with Gasteiger partial charge in [0.2, 0.25) is 0 Å². The molecule has 0 aliphatic carbocycles. The average Bonchev–Trinajstić information content (AvgIpc) is 3.69. The summed E-state index contributed by atoms with van der Waals surface area (Å²) in [6, 6.07) is 0. The molecule has 0 aromatic rings. The fourth-order valence-corrected chi connectivity index (χ4v) is 12.7. The van der Waals surface area contributed by atoms with E-state index in [0.717, 1.165) is 102 Å². The van der Waals surface area contributed by atoms with Crippen molar-refractivity contribution >= 4 is 39.5 Å². The van der Waals surface area contributed by atoms with Gasteiger partial charge in [-0.15, -0.1) is 0 Å². The Morgan fingerprint density at radius 3 is 0.739 bits per heavy atom. The van der Waals surface area contributed by atoms with Gasteiger partial charge in [-0.2, -0.15) is 0 Å². The smallest absolute Gasteiger partial charge is 0.462 e. The third-order valence-electron chi connectivity index (χ3n) is 17.0. The van der Waals surface area contributed by atoms with Crippen LogP contribution in [0.25, 0.3) is 0 Å². The predicted molar refractivity (Wildman–Crippen MR) is 372 cm³/mol. The van der Waals surface area contributed by atoms with Crippen LogP contribution >= 0.6 is 15.6 Å². The van der Waals surface area contributed by atoms with Crippen LogP contribution in [0.2, 0.25) is 0 Å². The van der Waals surface area contributed by atoms with Crippen LogP contribution in [0.15, 0.2) is 0 Å². The molecule has 17 nitrogen and oxygen atoms in total. The zero-order chi connectivity index (χ0) is 67.9. The van der Waals surface area contributed by atoms with Crippen LogP contribution in [0.5, 0.6) is 0 Å². The van der Waals surface area contributed by atoms with Crippen LogP contribution in [0.1, 0.15) is 375 Å². The molecular formula is C73H142O17P2. The highest BCUT2D eigenvalue weighted by Gasteiger charge is 2.30. The Kier molecular flexibility index (Phi) is 63.7. The Morgan fingerprint density at radius 1 is 0.293 bits per heavy atom. The van der Waals surface area contributed by atoms with Gasteiger partial charge in [0, 0.05) is 25.7 Å². The molecule has 0 rings (SSSR count). The van der Waals surface area contributed by atoms with Crippen molar-refractivity contribution in [2.45, 2.75) is 394 Å². The van der Waals surface area contributed by atoms with Crippen LogP contribution in [0, 0.1) is 11.8 Å². The van der Waals surface area contributed by atoms with Crippen LogP contribution < -0.4 is 0 Å². The lowest BCUT2D eigenvalue weighted by Gasteiger charge is -2.21. The van der Waals surface area contributed by atoms with Crippen molar-refractivity contribution < 1.29 is 80.2 Å². The van der Waals surface area contributed by atoms with Crippen molar-refractivity contribution in [3.63, 3.8) is 0 Å². The van der Waals surface area contributed by atoms with Crippen LogP contribution in [0.3, 0.4) is 0 Å². The summed E-state index contributed by atoms with van der Waals surface area (Å²) in [6.45, 7) is 9.59. The lowest BCUT2D eigenvalue weighted by Crippen LogP contribution is -2.30. The number of ether oxygens (including phenoxy) is 4. The van der Waals surface area contributed by atoms with E-state index in [0.29, 0.717) is 25.7 Å². The first-order chi connectivity index (χ1) is 44.4. The first-order valence-corrected chi connectivity index (χ1v) is 41.0. The topological polar surface area (TPSA) is 237 Å². The summed E-state index contributed by atoms with van der Waals surface area (Å²) in [5, 5.41) is 10.6. The molecule has 3 N–H and O–H groups in total. The summed E-state index contributed by atoms with van der Waals surface area (Å²) in [7, 11) is -9.90. The molecule has 0 radical (unpaired) electrons. The van der Waals surface area contributed by atoms with E-state index < -0.39 is 97.5 Å². The highest BCUT2D eigenvalue weighted by atomic mass is 31.2.